The summed E-state index contributed by atoms with van der Waals surface area (Å²) in [6.45, 7) is 1.08. The number of hydrogen-bond acceptors (Lipinski definition) is 2. The fraction of sp³-hybridized carbons (Fsp3) is 0.462. The molecular weight excluding hydrogens is 200 g/mol. The van der Waals surface area contributed by atoms with E-state index >= 15 is 0 Å². The quantitative estimate of drug-likeness (QED) is 0.788. The second kappa shape index (κ2) is 2.66. The Morgan fingerprint density at radius 3 is 3.00 bits per heavy atom. The molecule has 1 aliphatic carbocycles. The molecule has 0 spiro atoms. The Kier molecular flexibility index (Phi) is 1.46. The van der Waals surface area contributed by atoms with E-state index in [0.717, 1.165) is 36.9 Å². The highest BCUT2D eigenvalue weighted by atomic mass is 16.3. The Labute approximate surface area is 93.7 Å². The lowest BCUT2D eigenvalue weighted by atomic mass is 10.1. The molecule has 0 radical (unpaired) electrons. The molecule has 1 fully saturated rings. The molecule has 82 valence electrons. The van der Waals surface area contributed by atoms with Crippen LogP contribution in [0.5, 0.6) is 0 Å². The Bertz CT molecular complexity index is 581. The van der Waals surface area contributed by atoms with Crippen LogP contribution in [0.2, 0.25) is 0 Å². The SMILES string of the molecule is OC1(c2ccc3nc4n(c3c2)CCC4)CC1. The third-order valence-corrected chi connectivity index (χ3v) is 3.87. The minimum atomic E-state index is -0.530. The van der Waals surface area contributed by atoms with E-state index in [0.29, 0.717) is 0 Å². The molecule has 0 bridgehead atoms. The van der Waals surface area contributed by atoms with Crippen LogP contribution in [-0.2, 0) is 18.6 Å². The molecule has 4 rings (SSSR count). The molecule has 1 aliphatic heterocycles. The number of benzene rings is 1. The van der Waals surface area contributed by atoms with E-state index in [9.17, 15) is 5.11 Å². The average Bonchev–Trinajstić information content (AvgIpc) is 2.76. The third-order valence-electron chi connectivity index (χ3n) is 3.87. The molecule has 2 aliphatic rings. The monoisotopic (exact) mass is 214 g/mol. The molecule has 2 aromatic rings. The molecule has 16 heavy (non-hydrogen) atoms. The topological polar surface area (TPSA) is 38.1 Å². The second-order valence-corrected chi connectivity index (χ2v) is 5.02. The number of aryl methyl sites for hydroxylation is 2. The summed E-state index contributed by atoms with van der Waals surface area (Å²) in [6.07, 6.45) is 4.10. The summed E-state index contributed by atoms with van der Waals surface area (Å²) in [5.74, 6) is 1.20. The van der Waals surface area contributed by atoms with Gasteiger partial charge in [0.05, 0.1) is 16.6 Å². The number of rotatable bonds is 1. The van der Waals surface area contributed by atoms with Crippen molar-refractivity contribution in [1.82, 2.24) is 9.55 Å². The van der Waals surface area contributed by atoms with E-state index in [2.05, 4.69) is 15.6 Å². The van der Waals surface area contributed by atoms with Gasteiger partial charge in [-0.2, -0.15) is 0 Å². The van der Waals surface area contributed by atoms with E-state index in [1.807, 2.05) is 12.1 Å². The summed E-state index contributed by atoms with van der Waals surface area (Å²) < 4.78 is 2.30. The smallest absolute Gasteiger partial charge is 0.109 e. The number of imidazole rings is 1. The summed E-state index contributed by atoms with van der Waals surface area (Å²) in [5.41, 5.74) is 2.81. The van der Waals surface area contributed by atoms with Crippen molar-refractivity contribution in [3.8, 4) is 0 Å². The van der Waals surface area contributed by atoms with Crippen molar-refractivity contribution in [2.24, 2.45) is 0 Å². The molecule has 0 amide bonds. The van der Waals surface area contributed by atoms with Crippen molar-refractivity contribution >= 4 is 11.0 Å². The maximum atomic E-state index is 10.1. The lowest BCUT2D eigenvalue weighted by Crippen LogP contribution is -2.04. The van der Waals surface area contributed by atoms with E-state index in [-0.39, 0.29) is 0 Å². The van der Waals surface area contributed by atoms with Crippen LogP contribution < -0.4 is 0 Å². The summed E-state index contributed by atoms with van der Waals surface area (Å²) in [6, 6.07) is 6.20. The van der Waals surface area contributed by atoms with Gasteiger partial charge >= 0.3 is 0 Å². The molecule has 0 unspecified atom stereocenters. The van der Waals surface area contributed by atoms with Crippen molar-refractivity contribution in [3.63, 3.8) is 0 Å². The van der Waals surface area contributed by atoms with Crippen LogP contribution in [0.3, 0.4) is 0 Å². The number of hydrogen-bond donors (Lipinski definition) is 1. The zero-order chi connectivity index (χ0) is 10.8. The average molecular weight is 214 g/mol. The molecular formula is C13H14N2O. The second-order valence-electron chi connectivity index (χ2n) is 5.02. The largest absolute Gasteiger partial charge is 0.385 e. The molecule has 3 nitrogen and oxygen atoms in total. The fourth-order valence-corrected chi connectivity index (χ4v) is 2.70. The third kappa shape index (κ3) is 1.04. The molecule has 1 saturated carbocycles. The van der Waals surface area contributed by atoms with Crippen LogP contribution in [0.15, 0.2) is 18.2 Å². The van der Waals surface area contributed by atoms with Crippen LogP contribution in [0.25, 0.3) is 11.0 Å². The van der Waals surface area contributed by atoms with Gasteiger partial charge in [-0.1, -0.05) is 6.07 Å². The van der Waals surface area contributed by atoms with Gasteiger partial charge in [0.25, 0.3) is 0 Å². The first-order valence-corrected chi connectivity index (χ1v) is 5.98. The normalized spacial score (nSPS) is 21.3. The van der Waals surface area contributed by atoms with Crippen LogP contribution in [0, 0.1) is 0 Å². The highest BCUT2D eigenvalue weighted by Gasteiger charge is 2.42. The van der Waals surface area contributed by atoms with Gasteiger partial charge in [0.2, 0.25) is 0 Å². The summed E-state index contributed by atoms with van der Waals surface area (Å²) in [7, 11) is 0. The lowest BCUT2D eigenvalue weighted by molar-refractivity contribution is 0.151. The van der Waals surface area contributed by atoms with Gasteiger partial charge in [0.1, 0.15) is 5.82 Å². The van der Waals surface area contributed by atoms with Crippen molar-refractivity contribution < 1.29 is 5.11 Å². The number of nitrogens with zero attached hydrogens (tertiary/aromatic N) is 2. The molecule has 1 aromatic carbocycles. The summed E-state index contributed by atoms with van der Waals surface area (Å²) in [4.78, 5) is 4.62. The van der Waals surface area contributed by atoms with E-state index in [1.165, 1.54) is 17.8 Å². The lowest BCUT2D eigenvalue weighted by Gasteiger charge is -2.08. The van der Waals surface area contributed by atoms with Gasteiger partial charge in [0, 0.05) is 13.0 Å². The fourth-order valence-electron chi connectivity index (χ4n) is 2.70. The van der Waals surface area contributed by atoms with Crippen LogP contribution in [-0.4, -0.2) is 14.7 Å². The Morgan fingerprint density at radius 2 is 2.19 bits per heavy atom. The van der Waals surface area contributed by atoms with E-state index in [4.69, 9.17) is 0 Å². The van der Waals surface area contributed by atoms with Crippen molar-refractivity contribution in [2.45, 2.75) is 37.8 Å². The highest BCUT2D eigenvalue weighted by molar-refractivity contribution is 5.77. The standard InChI is InChI=1S/C13H14N2O/c16-13(5-6-13)9-3-4-10-11(8-9)15-7-1-2-12(15)14-10/h3-4,8,16H,1-2,5-7H2. The minimum Gasteiger partial charge on any atom is -0.385 e. The summed E-state index contributed by atoms with van der Waals surface area (Å²) >= 11 is 0. The van der Waals surface area contributed by atoms with Crippen LogP contribution in [0.4, 0.5) is 0 Å². The molecule has 0 atom stereocenters. The zero-order valence-electron chi connectivity index (χ0n) is 9.11. The first kappa shape index (κ1) is 8.76. The van der Waals surface area contributed by atoms with Crippen molar-refractivity contribution in [1.29, 1.82) is 0 Å². The number of fused-ring (bicyclic) bond motifs is 3. The summed E-state index contributed by atoms with van der Waals surface area (Å²) in [5, 5.41) is 10.1. The highest BCUT2D eigenvalue weighted by Crippen LogP contribution is 2.45. The number of aromatic nitrogens is 2. The minimum absolute atomic E-state index is 0.530. The van der Waals surface area contributed by atoms with E-state index < -0.39 is 5.60 Å². The van der Waals surface area contributed by atoms with E-state index in [1.54, 1.807) is 0 Å². The Balaban J connectivity index is 1.96. The predicted molar refractivity (Wildman–Crippen MR) is 61.2 cm³/mol. The Morgan fingerprint density at radius 1 is 1.31 bits per heavy atom. The maximum absolute atomic E-state index is 10.1. The zero-order valence-corrected chi connectivity index (χ0v) is 9.11. The first-order valence-electron chi connectivity index (χ1n) is 5.98. The van der Waals surface area contributed by atoms with Crippen molar-refractivity contribution in [3.05, 3.63) is 29.6 Å². The molecule has 1 aromatic heterocycles. The maximum Gasteiger partial charge on any atom is 0.109 e. The van der Waals surface area contributed by atoms with Crippen molar-refractivity contribution in [2.75, 3.05) is 0 Å². The molecule has 1 N–H and O–H groups in total. The van der Waals surface area contributed by atoms with Crippen LogP contribution >= 0.6 is 0 Å². The predicted octanol–water partition coefficient (Wildman–Crippen LogP) is 1.96. The molecule has 3 heteroatoms. The van der Waals surface area contributed by atoms with Gasteiger partial charge in [-0.25, -0.2) is 4.98 Å². The van der Waals surface area contributed by atoms with Gasteiger partial charge in [-0.05, 0) is 37.0 Å². The van der Waals surface area contributed by atoms with Gasteiger partial charge in [0.15, 0.2) is 0 Å². The first-order chi connectivity index (χ1) is 7.76. The van der Waals surface area contributed by atoms with Gasteiger partial charge in [-0.15, -0.1) is 0 Å². The van der Waals surface area contributed by atoms with Gasteiger partial charge in [-0.3, -0.25) is 0 Å². The Hall–Kier alpha value is -1.35. The number of aliphatic hydroxyl groups is 1. The molecule has 2 heterocycles. The molecule has 0 saturated heterocycles. The van der Waals surface area contributed by atoms with Gasteiger partial charge < -0.3 is 9.67 Å². The van der Waals surface area contributed by atoms with Crippen LogP contribution in [0.1, 0.15) is 30.7 Å².